The number of fused-ring (bicyclic) bond motifs is 1. The predicted molar refractivity (Wildman–Crippen MR) is 126 cm³/mol. The van der Waals surface area contributed by atoms with Crippen molar-refractivity contribution >= 4 is 23.2 Å². The third-order valence-corrected chi connectivity index (χ3v) is 7.01. The van der Waals surface area contributed by atoms with Crippen LogP contribution in [0.25, 0.3) is 0 Å². The average molecular weight is 491 g/mol. The summed E-state index contributed by atoms with van der Waals surface area (Å²) in [6, 6.07) is 6.35. The molecule has 2 N–H and O–H groups in total. The number of likely N-dealkylation sites (tertiary alicyclic amines) is 1. The van der Waals surface area contributed by atoms with Gasteiger partial charge in [-0.05, 0) is 37.1 Å². The fraction of sp³-hybridized carbons (Fsp3) is 0.440. The summed E-state index contributed by atoms with van der Waals surface area (Å²) in [6.45, 7) is 1.26. The molecule has 1 fully saturated rings. The van der Waals surface area contributed by atoms with Crippen molar-refractivity contribution < 1.29 is 27.5 Å². The van der Waals surface area contributed by atoms with Crippen LogP contribution in [0.3, 0.4) is 0 Å². The topological polar surface area (TPSA) is 73.9 Å². The van der Waals surface area contributed by atoms with Crippen molar-refractivity contribution in [3.8, 4) is 0 Å². The minimum absolute atomic E-state index is 0.0944. The molecule has 2 amide bonds. The zero-order chi connectivity index (χ0) is 25.2. The fourth-order valence-corrected chi connectivity index (χ4v) is 4.89. The van der Waals surface area contributed by atoms with Crippen molar-refractivity contribution in [1.29, 1.82) is 0 Å². The van der Waals surface area contributed by atoms with Gasteiger partial charge in [-0.3, -0.25) is 4.79 Å². The number of methoxy groups -OCH3 is 1. The molecule has 0 radical (unpaired) electrons. The van der Waals surface area contributed by atoms with E-state index in [-0.39, 0.29) is 42.6 Å². The molecule has 2 heterocycles. The van der Waals surface area contributed by atoms with E-state index in [1.54, 1.807) is 11.0 Å². The molecule has 2 aromatic rings. The zero-order valence-corrected chi connectivity index (χ0v) is 19.8. The van der Waals surface area contributed by atoms with Crippen molar-refractivity contribution in [2.24, 2.45) is 0 Å². The minimum atomic E-state index is -0.753. The minimum Gasteiger partial charge on any atom is -0.383 e. The van der Waals surface area contributed by atoms with Crippen LogP contribution in [0.1, 0.15) is 35.2 Å². The molecule has 0 saturated carbocycles. The highest BCUT2D eigenvalue weighted by atomic mass is 19.1. The van der Waals surface area contributed by atoms with Crippen LogP contribution in [0.15, 0.2) is 30.3 Å². The van der Waals surface area contributed by atoms with E-state index in [0.717, 1.165) is 6.07 Å². The molecular formula is C25H29F3N4O3. The second kappa shape index (κ2) is 10.2. The Morgan fingerprint density at radius 2 is 1.89 bits per heavy atom. The van der Waals surface area contributed by atoms with E-state index in [0.29, 0.717) is 43.8 Å². The number of carbonyl (C=O) groups is 2. The van der Waals surface area contributed by atoms with Crippen LogP contribution in [-0.2, 0) is 11.3 Å². The van der Waals surface area contributed by atoms with E-state index in [2.05, 4.69) is 10.6 Å². The second-order valence-corrected chi connectivity index (χ2v) is 9.01. The van der Waals surface area contributed by atoms with E-state index >= 15 is 0 Å². The van der Waals surface area contributed by atoms with Gasteiger partial charge in [-0.25, -0.2) is 18.0 Å². The molecule has 0 aliphatic carbocycles. The molecule has 1 spiro atoms. The van der Waals surface area contributed by atoms with Gasteiger partial charge in [0.25, 0.3) is 0 Å². The summed E-state index contributed by atoms with van der Waals surface area (Å²) in [5.74, 6) is -2.01. The summed E-state index contributed by atoms with van der Waals surface area (Å²) in [5, 5.41) is 5.38. The molecule has 1 saturated heterocycles. The summed E-state index contributed by atoms with van der Waals surface area (Å²) < 4.78 is 47.3. The molecule has 7 nitrogen and oxygen atoms in total. The lowest BCUT2D eigenvalue weighted by Crippen LogP contribution is -2.59. The Bertz CT molecular complexity index is 1120. The number of ether oxygens (including phenoxy) is 1. The van der Waals surface area contributed by atoms with E-state index in [1.165, 1.54) is 25.3 Å². The Labute approximate surface area is 202 Å². The standard InChI is InChI=1S/C25H29F3N4O3/c1-31-20-6-4-17(26)13-18(20)21(33)14-25(31)7-10-32(11-8-25)24(34)30-15-16-3-5-19(27)23(22(16)28)29-9-12-35-2/h3-6,13,29H,7-12,14-15H2,1-2H3,(H,30,34). The molecule has 2 aliphatic heterocycles. The van der Waals surface area contributed by atoms with Crippen molar-refractivity contribution in [3.05, 3.63) is 58.9 Å². The molecule has 0 unspecified atom stereocenters. The van der Waals surface area contributed by atoms with Gasteiger partial charge in [0, 0.05) is 63.6 Å². The second-order valence-electron chi connectivity index (χ2n) is 9.01. The molecule has 0 bridgehead atoms. The number of carbonyl (C=O) groups excluding carboxylic acids is 2. The van der Waals surface area contributed by atoms with Crippen LogP contribution in [0.5, 0.6) is 0 Å². The van der Waals surface area contributed by atoms with Crippen molar-refractivity contribution in [1.82, 2.24) is 10.2 Å². The number of urea groups is 1. The van der Waals surface area contributed by atoms with Crippen molar-refractivity contribution in [3.63, 3.8) is 0 Å². The van der Waals surface area contributed by atoms with Gasteiger partial charge in [-0.15, -0.1) is 0 Å². The first-order valence-electron chi connectivity index (χ1n) is 11.5. The lowest BCUT2D eigenvalue weighted by atomic mass is 9.77. The van der Waals surface area contributed by atoms with E-state index < -0.39 is 23.0 Å². The Balaban J connectivity index is 1.37. The first-order chi connectivity index (χ1) is 16.8. The molecule has 0 atom stereocenters. The molecule has 35 heavy (non-hydrogen) atoms. The van der Waals surface area contributed by atoms with Crippen LogP contribution >= 0.6 is 0 Å². The van der Waals surface area contributed by atoms with Gasteiger partial charge in [-0.1, -0.05) is 6.07 Å². The molecule has 2 aliphatic rings. The normalized spacial score (nSPS) is 16.9. The van der Waals surface area contributed by atoms with Crippen molar-refractivity contribution in [2.45, 2.75) is 31.3 Å². The van der Waals surface area contributed by atoms with Crippen LogP contribution < -0.4 is 15.5 Å². The third kappa shape index (κ3) is 4.93. The summed E-state index contributed by atoms with van der Waals surface area (Å²) in [4.78, 5) is 29.2. The summed E-state index contributed by atoms with van der Waals surface area (Å²) in [7, 11) is 3.39. The number of piperidine rings is 1. The number of halogens is 3. The summed E-state index contributed by atoms with van der Waals surface area (Å²) in [5.41, 5.74) is 0.552. The number of nitrogens with zero attached hydrogens (tertiary/aromatic N) is 2. The molecule has 10 heteroatoms. The fourth-order valence-electron chi connectivity index (χ4n) is 4.89. The van der Waals surface area contributed by atoms with Gasteiger partial charge < -0.3 is 25.2 Å². The third-order valence-electron chi connectivity index (χ3n) is 7.01. The summed E-state index contributed by atoms with van der Waals surface area (Å²) in [6.07, 6.45) is 1.39. The number of Topliss-reactive ketones (excluding diaryl/α,β-unsaturated/α-hetero) is 1. The van der Waals surface area contributed by atoms with Crippen molar-refractivity contribution in [2.75, 3.05) is 50.6 Å². The molecule has 2 aromatic carbocycles. The van der Waals surface area contributed by atoms with Crippen LogP contribution in [0.4, 0.5) is 29.3 Å². The Morgan fingerprint density at radius 3 is 2.60 bits per heavy atom. The maximum absolute atomic E-state index is 14.7. The van der Waals surface area contributed by atoms with Crippen LogP contribution in [0, 0.1) is 17.5 Å². The predicted octanol–water partition coefficient (Wildman–Crippen LogP) is 3.93. The molecule has 188 valence electrons. The number of anilines is 2. The van der Waals surface area contributed by atoms with Gasteiger partial charge in [0.15, 0.2) is 11.6 Å². The Hall–Kier alpha value is -3.27. The molecular weight excluding hydrogens is 461 g/mol. The number of hydrogen-bond acceptors (Lipinski definition) is 5. The number of amides is 2. The highest BCUT2D eigenvalue weighted by Crippen LogP contribution is 2.42. The maximum Gasteiger partial charge on any atom is 0.317 e. The van der Waals surface area contributed by atoms with Gasteiger partial charge in [0.2, 0.25) is 0 Å². The number of rotatable bonds is 6. The highest BCUT2D eigenvalue weighted by Gasteiger charge is 2.45. The number of ketones is 1. The van der Waals surface area contributed by atoms with Crippen LogP contribution in [0.2, 0.25) is 0 Å². The largest absolute Gasteiger partial charge is 0.383 e. The quantitative estimate of drug-likeness (QED) is 0.601. The number of hydrogen-bond donors (Lipinski definition) is 2. The smallest absolute Gasteiger partial charge is 0.317 e. The Kier molecular flexibility index (Phi) is 7.20. The lowest BCUT2D eigenvalue weighted by Gasteiger charge is -2.50. The van der Waals surface area contributed by atoms with E-state index in [1.807, 2.05) is 11.9 Å². The van der Waals surface area contributed by atoms with Gasteiger partial charge in [0.1, 0.15) is 17.3 Å². The SMILES string of the molecule is COCCNc1c(F)ccc(CNC(=O)N2CCC3(CC2)CC(=O)c2cc(F)ccc2N3C)c1F. The van der Waals surface area contributed by atoms with E-state index in [4.69, 9.17) is 4.74 Å². The maximum atomic E-state index is 14.7. The number of benzene rings is 2. The lowest BCUT2D eigenvalue weighted by molar-refractivity contribution is 0.0890. The number of nitrogens with one attached hydrogen (secondary N) is 2. The van der Waals surface area contributed by atoms with Gasteiger partial charge in [-0.2, -0.15) is 0 Å². The Morgan fingerprint density at radius 1 is 1.14 bits per heavy atom. The van der Waals surface area contributed by atoms with Crippen LogP contribution in [-0.4, -0.2) is 62.7 Å². The monoisotopic (exact) mass is 490 g/mol. The zero-order valence-electron chi connectivity index (χ0n) is 19.8. The van der Waals surface area contributed by atoms with Gasteiger partial charge in [0.05, 0.1) is 12.1 Å². The van der Waals surface area contributed by atoms with E-state index in [9.17, 15) is 22.8 Å². The first-order valence-corrected chi connectivity index (χ1v) is 11.5. The highest BCUT2D eigenvalue weighted by molar-refractivity contribution is 6.04. The molecule has 4 rings (SSSR count). The average Bonchev–Trinajstić information content (AvgIpc) is 2.84. The summed E-state index contributed by atoms with van der Waals surface area (Å²) >= 11 is 0. The van der Waals surface area contributed by atoms with Gasteiger partial charge >= 0.3 is 6.03 Å². The first kappa shape index (κ1) is 24.8. The molecule has 0 aromatic heterocycles.